The zero-order valence-corrected chi connectivity index (χ0v) is 10.7. The Hall–Kier alpha value is -1.13. The van der Waals surface area contributed by atoms with Crippen LogP contribution < -0.4 is 16.0 Å². The van der Waals surface area contributed by atoms with E-state index in [1.54, 1.807) is 6.20 Å². The van der Waals surface area contributed by atoms with E-state index >= 15 is 0 Å². The molecule has 0 aliphatic carbocycles. The molecule has 1 aromatic heterocycles. The van der Waals surface area contributed by atoms with Crippen LogP contribution in [0.15, 0.2) is 24.5 Å². The van der Waals surface area contributed by atoms with Gasteiger partial charge in [-0.3, -0.25) is 4.98 Å². The summed E-state index contributed by atoms with van der Waals surface area (Å²) in [6.07, 6.45) is 4.84. The smallest absolute Gasteiger partial charge is 0.0527 e. The maximum atomic E-state index is 4.07. The van der Waals surface area contributed by atoms with Crippen LogP contribution in [-0.2, 0) is 0 Å². The highest BCUT2D eigenvalue weighted by Crippen LogP contribution is 2.17. The summed E-state index contributed by atoms with van der Waals surface area (Å²) in [6.45, 7) is 7.53. The number of hydrogen-bond donors (Lipinski definition) is 3. The van der Waals surface area contributed by atoms with Crippen molar-refractivity contribution in [3.05, 3.63) is 24.5 Å². The number of nitrogens with one attached hydrogen (secondary N) is 3. The Bertz CT molecular complexity index is 337. The van der Waals surface area contributed by atoms with Crippen molar-refractivity contribution in [2.24, 2.45) is 0 Å². The van der Waals surface area contributed by atoms with Crippen LogP contribution in [0.25, 0.3) is 0 Å². The molecule has 2 heterocycles. The molecule has 17 heavy (non-hydrogen) atoms. The van der Waals surface area contributed by atoms with Gasteiger partial charge in [0.25, 0.3) is 0 Å². The lowest BCUT2D eigenvalue weighted by Gasteiger charge is -2.28. The van der Waals surface area contributed by atoms with Gasteiger partial charge in [-0.15, -0.1) is 0 Å². The van der Waals surface area contributed by atoms with Crippen molar-refractivity contribution >= 4 is 5.69 Å². The minimum atomic E-state index is 0.217. The fourth-order valence-electron chi connectivity index (χ4n) is 2.30. The van der Waals surface area contributed by atoms with Crippen molar-refractivity contribution in [3.63, 3.8) is 0 Å². The maximum absolute atomic E-state index is 4.07. The van der Waals surface area contributed by atoms with Gasteiger partial charge in [0.1, 0.15) is 0 Å². The second-order valence-electron chi connectivity index (χ2n) is 5.11. The molecule has 3 N–H and O–H groups in total. The highest BCUT2D eigenvalue weighted by Gasteiger charge is 2.33. The summed E-state index contributed by atoms with van der Waals surface area (Å²) in [5.41, 5.74) is 1.30. The van der Waals surface area contributed by atoms with Gasteiger partial charge in [-0.2, -0.15) is 0 Å². The van der Waals surface area contributed by atoms with E-state index in [0.29, 0.717) is 6.04 Å². The van der Waals surface area contributed by atoms with Crippen LogP contribution in [0.3, 0.4) is 0 Å². The molecule has 1 fully saturated rings. The van der Waals surface area contributed by atoms with Crippen LogP contribution >= 0.6 is 0 Å². The molecule has 94 valence electrons. The third kappa shape index (κ3) is 3.41. The van der Waals surface area contributed by atoms with Crippen molar-refractivity contribution in [1.82, 2.24) is 15.6 Å². The quantitative estimate of drug-likeness (QED) is 0.671. The van der Waals surface area contributed by atoms with Crippen LogP contribution in [0.1, 0.15) is 20.3 Å². The number of aromatic nitrogens is 1. The molecule has 0 bridgehead atoms. The SMILES string of the molecule is CC1(C)NCCC1NCCNc1cccnc1. The number of anilines is 1. The third-order valence-electron chi connectivity index (χ3n) is 3.39. The first-order chi connectivity index (χ1) is 8.18. The molecule has 1 aliphatic heterocycles. The third-order valence-corrected chi connectivity index (χ3v) is 3.39. The second kappa shape index (κ2) is 5.47. The summed E-state index contributed by atoms with van der Waals surface area (Å²) in [6, 6.07) is 4.55. The van der Waals surface area contributed by atoms with Crippen molar-refractivity contribution in [1.29, 1.82) is 0 Å². The van der Waals surface area contributed by atoms with E-state index in [0.717, 1.165) is 25.3 Å². The number of pyridine rings is 1. The first-order valence-electron chi connectivity index (χ1n) is 6.31. The van der Waals surface area contributed by atoms with Gasteiger partial charge in [-0.05, 0) is 38.9 Å². The van der Waals surface area contributed by atoms with Gasteiger partial charge in [-0.25, -0.2) is 0 Å². The van der Waals surface area contributed by atoms with Crippen molar-refractivity contribution in [2.75, 3.05) is 25.0 Å². The topological polar surface area (TPSA) is 49.0 Å². The molecule has 0 aromatic carbocycles. The van der Waals surface area contributed by atoms with Crippen LogP contribution in [0.5, 0.6) is 0 Å². The summed E-state index contributed by atoms with van der Waals surface area (Å²) >= 11 is 0. The number of rotatable bonds is 5. The van der Waals surface area contributed by atoms with Crippen LogP contribution in [0, 0.1) is 0 Å². The molecule has 0 radical (unpaired) electrons. The lowest BCUT2D eigenvalue weighted by molar-refractivity contribution is 0.355. The molecule has 4 nitrogen and oxygen atoms in total. The molecule has 1 aromatic rings. The summed E-state index contributed by atoms with van der Waals surface area (Å²) in [5.74, 6) is 0. The Labute approximate surface area is 103 Å². The van der Waals surface area contributed by atoms with E-state index in [9.17, 15) is 0 Å². The Morgan fingerprint density at radius 2 is 2.35 bits per heavy atom. The fourth-order valence-corrected chi connectivity index (χ4v) is 2.30. The summed E-state index contributed by atoms with van der Waals surface area (Å²) in [5, 5.41) is 10.5. The molecular formula is C13H22N4. The van der Waals surface area contributed by atoms with Crippen molar-refractivity contribution < 1.29 is 0 Å². The highest BCUT2D eigenvalue weighted by molar-refractivity contribution is 5.39. The van der Waals surface area contributed by atoms with E-state index in [1.165, 1.54) is 6.42 Å². The summed E-state index contributed by atoms with van der Waals surface area (Å²) < 4.78 is 0. The molecule has 1 unspecified atom stereocenters. The molecule has 2 rings (SSSR count). The van der Waals surface area contributed by atoms with E-state index in [1.807, 2.05) is 18.3 Å². The van der Waals surface area contributed by atoms with Gasteiger partial charge in [-0.1, -0.05) is 0 Å². The van der Waals surface area contributed by atoms with Gasteiger partial charge in [0, 0.05) is 37.1 Å². The summed E-state index contributed by atoms with van der Waals surface area (Å²) in [7, 11) is 0. The lowest BCUT2D eigenvalue weighted by Crippen LogP contribution is -2.49. The minimum Gasteiger partial charge on any atom is -0.383 e. The Kier molecular flexibility index (Phi) is 3.97. The van der Waals surface area contributed by atoms with Gasteiger partial charge >= 0.3 is 0 Å². The van der Waals surface area contributed by atoms with Gasteiger partial charge in [0.15, 0.2) is 0 Å². The summed E-state index contributed by atoms with van der Waals surface area (Å²) in [4.78, 5) is 4.07. The van der Waals surface area contributed by atoms with Gasteiger partial charge in [0.05, 0.1) is 5.69 Å². The number of hydrogen-bond acceptors (Lipinski definition) is 4. The normalized spacial score (nSPS) is 22.6. The van der Waals surface area contributed by atoms with E-state index < -0.39 is 0 Å². The standard InChI is InChI=1S/C13H22N4/c1-13(2)12(5-7-17-13)16-9-8-15-11-4-3-6-14-10-11/h3-4,6,10,12,15-17H,5,7-9H2,1-2H3. The zero-order valence-electron chi connectivity index (χ0n) is 10.7. The van der Waals surface area contributed by atoms with Crippen molar-refractivity contribution in [2.45, 2.75) is 31.8 Å². The molecule has 0 amide bonds. The Morgan fingerprint density at radius 1 is 1.47 bits per heavy atom. The second-order valence-corrected chi connectivity index (χ2v) is 5.11. The van der Waals surface area contributed by atoms with Crippen LogP contribution in [0.2, 0.25) is 0 Å². The zero-order chi connectivity index (χ0) is 12.1. The predicted molar refractivity (Wildman–Crippen MR) is 71.2 cm³/mol. The molecule has 0 saturated carbocycles. The average molecular weight is 234 g/mol. The minimum absolute atomic E-state index is 0.217. The monoisotopic (exact) mass is 234 g/mol. The highest BCUT2D eigenvalue weighted by atomic mass is 15.1. The van der Waals surface area contributed by atoms with Crippen LogP contribution in [0.4, 0.5) is 5.69 Å². The predicted octanol–water partition coefficient (Wildman–Crippen LogP) is 1.22. The molecule has 4 heteroatoms. The molecular weight excluding hydrogens is 212 g/mol. The van der Waals surface area contributed by atoms with E-state index in [2.05, 4.69) is 34.8 Å². The fraction of sp³-hybridized carbons (Fsp3) is 0.615. The Morgan fingerprint density at radius 3 is 3.00 bits per heavy atom. The molecule has 0 spiro atoms. The first-order valence-corrected chi connectivity index (χ1v) is 6.31. The Balaban J connectivity index is 1.67. The largest absolute Gasteiger partial charge is 0.383 e. The molecule has 1 saturated heterocycles. The maximum Gasteiger partial charge on any atom is 0.0527 e. The molecule has 1 atom stereocenters. The van der Waals surface area contributed by atoms with Gasteiger partial charge in [0.2, 0.25) is 0 Å². The van der Waals surface area contributed by atoms with Crippen molar-refractivity contribution in [3.8, 4) is 0 Å². The number of nitrogens with zero attached hydrogens (tertiary/aromatic N) is 1. The van der Waals surface area contributed by atoms with Crippen LogP contribution in [-0.4, -0.2) is 36.2 Å². The van der Waals surface area contributed by atoms with E-state index in [-0.39, 0.29) is 5.54 Å². The molecule has 1 aliphatic rings. The lowest BCUT2D eigenvalue weighted by atomic mass is 9.97. The van der Waals surface area contributed by atoms with Gasteiger partial charge < -0.3 is 16.0 Å². The van der Waals surface area contributed by atoms with E-state index in [4.69, 9.17) is 0 Å². The first kappa shape index (κ1) is 12.3. The average Bonchev–Trinajstić information content (AvgIpc) is 2.66.